The van der Waals surface area contributed by atoms with Crippen LogP contribution in [0.3, 0.4) is 0 Å². The maximum absolute atomic E-state index is 13.1. The zero-order valence-corrected chi connectivity index (χ0v) is 20.8. The molecule has 8 heteroatoms. The van der Waals surface area contributed by atoms with Crippen LogP contribution in [0.15, 0.2) is 53.4 Å². The van der Waals surface area contributed by atoms with Crippen LogP contribution >= 0.6 is 0 Å². The highest BCUT2D eigenvalue weighted by atomic mass is 32.2. The number of hydrogen-bond donors (Lipinski definition) is 1. The van der Waals surface area contributed by atoms with Crippen LogP contribution in [0.5, 0.6) is 0 Å². The number of amides is 2. The normalized spacial score (nSPS) is 16.3. The fraction of sp³-hybridized carbons (Fsp3) is 0.440. The smallest absolute Gasteiger partial charge is 0.251 e. The van der Waals surface area contributed by atoms with E-state index in [2.05, 4.69) is 26.1 Å². The van der Waals surface area contributed by atoms with Crippen LogP contribution < -0.4 is 5.32 Å². The Labute approximate surface area is 196 Å². The largest absolute Gasteiger partial charge is 0.341 e. The summed E-state index contributed by atoms with van der Waals surface area (Å²) in [5.74, 6) is -0.526. The van der Waals surface area contributed by atoms with Crippen molar-refractivity contribution < 1.29 is 18.0 Å². The number of piperazine rings is 1. The van der Waals surface area contributed by atoms with Crippen LogP contribution in [0, 0.1) is 6.92 Å². The van der Waals surface area contributed by atoms with Gasteiger partial charge in [-0.15, -0.1) is 0 Å². The van der Waals surface area contributed by atoms with E-state index < -0.39 is 16.1 Å². The molecule has 7 nitrogen and oxygen atoms in total. The second kappa shape index (κ2) is 9.65. The van der Waals surface area contributed by atoms with Crippen LogP contribution in [-0.2, 0) is 20.2 Å². The van der Waals surface area contributed by atoms with E-state index in [-0.39, 0.29) is 48.3 Å². The third-order valence-corrected chi connectivity index (χ3v) is 7.82. The number of rotatable bonds is 5. The molecule has 1 aliphatic rings. The molecule has 2 amide bonds. The predicted octanol–water partition coefficient (Wildman–Crippen LogP) is 2.94. The molecule has 0 aromatic heterocycles. The van der Waals surface area contributed by atoms with Crippen molar-refractivity contribution in [1.82, 2.24) is 14.5 Å². The highest BCUT2D eigenvalue weighted by Crippen LogP contribution is 2.25. The zero-order valence-electron chi connectivity index (χ0n) is 20.0. The summed E-state index contributed by atoms with van der Waals surface area (Å²) < 4.78 is 27.5. The van der Waals surface area contributed by atoms with E-state index in [9.17, 15) is 18.0 Å². The van der Waals surface area contributed by atoms with Crippen LogP contribution in [-0.4, -0.2) is 61.7 Å². The molecule has 3 rings (SSSR count). The summed E-state index contributed by atoms with van der Waals surface area (Å²) in [4.78, 5) is 27.1. The number of aryl methyl sites for hydroxylation is 1. The molecule has 1 atom stereocenters. The first-order chi connectivity index (χ1) is 15.4. The summed E-state index contributed by atoms with van der Waals surface area (Å²) in [5.41, 5.74) is 2.48. The Morgan fingerprint density at radius 1 is 0.970 bits per heavy atom. The first kappa shape index (κ1) is 24.9. The lowest BCUT2D eigenvalue weighted by atomic mass is 9.87. The van der Waals surface area contributed by atoms with Crippen molar-refractivity contribution in [2.45, 2.75) is 51.0 Å². The van der Waals surface area contributed by atoms with Gasteiger partial charge in [-0.2, -0.15) is 4.31 Å². The molecule has 0 aliphatic carbocycles. The van der Waals surface area contributed by atoms with Gasteiger partial charge in [0, 0.05) is 31.7 Å². The fourth-order valence-electron chi connectivity index (χ4n) is 3.83. The summed E-state index contributed by atoms with van der Waals surface area (Å²) >= 11 is 0. The van der Waals surface area contributed by atoms with Gasteiger partial charge in [0.15, 0.2) is 0 Å². The van der Waals surface area contributed by atoms with Crippen molar-refractivity contribution in [3.05, 3.63) is 65.2 Å². The predicted molar refractivity (Wildman–Crippen MR) is 129 cm³/mol. The molecule has 0 radical (unpaired) electrons. The monoisotopic (exact) mass is 471 g/mol. The number of nitrogens with one attached hydrogen (secondary N) is 1. The minimum Gasteiger partial charge on any atom is -0.341 e. The van der Waals surface area contributed by atoms with Crippen LogP contribution in [0.25, 0.3) is 0 Å². The third kappa shape index (κ3) is 5.81. The Bertz CT molecular complexity index is 1110. The Morgan fingerprint density at radius 3 is 2.12 bits per heavy atom. The van der Waals surface area contributed by atoms with E-state index in [1.165, 1.54) is 4.31 Å². The number of nitrogens with zero attached hydrogens (tertiary/aromatic N) is 2. The number of sulfonamides is 1. The molecule has 0 bridgehead atoms. The molecule has 178 valence electrons. The molecule has 0 spiro atoms. The Hall–Kier alpha value is -2.71. The van der Waals surface area contributed by atoms with Gasteiger partial charge in [-0.05, 0) is 49.1 Å². The van der Waals surface area contributed by atoms with Crippen molar-refractivity contribution in [3.63, 3.8) is 0 Å². The molecule has 2 aromatic rings. The van der Waals surface area contributed by atoms with E-state index >= 15 is 0 Å². The molecule has 1 heterocycles. The molecule has 1 N–H and O–H groups in total. The lowest BCUT2D eigenvalue weighted by Gasteiger charge is -2.35. The Kier molecular flexibility index (Phi) is 7.29. The average Bonchev–Trinajstić information content (AvgIpc) is 2.78. The van der Waals surface area contributed by atoms with E-state index in [1.54, 1.807) is 42.2 Å². The van der Waals surface area contributed by atoms with Crippen LogP contribution in [0.2, 0.25) is 0 Å². The number of carbonyl (C=O) groups excluding carboxylic acids is 2. The summed E-state index contributed by atoms with van der Waals surface area (Å²) in [6, 6.07) is 13.5. The average molecular weight is 472 g/mol. The molecule has 1 saturated heterocycles. The fourth-order valence-corrected chi connectivity index (χ4v) is 5.25. The molecule has 0 unspecified atom stereocenters. The van der Waals surface area contributed by atoms with Gasteiger partial charge in [-0.1, -0.05) is 50.6 Å². The van der Waals surface area contributed by atoms with Gasteiger partial charge in [0.2, 0.25) is 15.9 Å². The van der Waals surface area contributed by atoms with E-state index in [1.807, 2.05) is 25.1 Å². The minimum absolute atomic E-state index is 0.0558. The molecule has 1 aliphatic heterocycles. The molecular formula is C25H33N3O4S. The first-order valence-corrected chi connectivity index (χ1v) is 12.6. The quantitative estimate of drug-likeness (QED) is 0.726. The van der Waals surface area contributed by atoms with E-state index in [0.717, 1.165) is 11.1 Å². The Morgan fingerprint density at radius 2 is 1.58 bits per heavy atom. The van der Waals surface area contributed by atoms with Crippen molar-refractivity contribution in [3.8, 4) is 0 Å². The summed E-state index contributed by atoms with van der Waals surface area (Å²) in [6.45, 7) is 10.8. The maximum Gasteiger partial charge on any atom is 0.251 e. The van der Waals surface area contributed by atoms with Gasteiger partial charge in [-0.25, -0.2) is 8.42 Å². The zero-order chi connectivity index (χ0) is 24.4. The van der Waals surface area contributed by atoms with Gasteiger partial charge >= 0.3 is 0 Å². The SMILES string of the molecule is Cc1cccc(C(=O)N[C@@H](C)C(=O)N2CCN(S(=O)(=O)c3ccc(C(C)(C)C)cc3)CC2)c1. The van der Waals surface area contributed by atoms with Crippen molar-refractivity contribution in [1.29, 1.82) is 0 Å². The van der Waals surface area contributed by atoms with E-state index in [4.69, 9.17) is 0 Å². The second-order valence-corrected chi connectivity index (χ2v) is 11.5. The second-order valence-electron chi connectivity index (χ2n) is 9.57. The Balaban J connectivity index is 1.59. The van der Waals surface area contributed by atoms with Gasteiger partial charge in [0.05, 0.1) is 4.90 Å². The van der Waals surface area contributed by atoms with Gasteiger partial charge in [0.25, 0.3) is 5.91 Å². The maximum atomic E-state index is 13.1. The number of carbonyl (C=O) groups is 2. The standard InChI is InChI=1S/C25H33N3O4S/c1-18-7-6-8-20(17-18)23(29)26-19(2)24(30)27-13-15-28(16-14-27)33(31,32)22-11-9-21(10-12-22)25(3,4)5/h6-12,17,19H,13-16H2,1-5H3,(H,26,29)/t19-/m0/s1. The molecule has 0 saturated carbocycles. The van der Waals surface area contributed by atoms with Crippen LogP contribution in [0.4, 0.5) is 0 Å². The van der Waals surface area contributed by atoms with Crippen molar-refractivity contribution in [2.24, 2.45) is 0 Å². The molecule has 33 heavy (non-hydrogen) atoms. The summed E-state index contributed by atoms with van der Waals surface area (Å²) in [5, 5.41) is 2.74. The highest BCUT2D eigenvalue weighted by molar-refractivity contribution is 7.89. The number of benzene rings is 2. The molecule has 2 aromatic carbocycles. The van der Waals surface area contributed by atoms with Crippen LogP contribution in [0.1, 0.15) is 49.2 Å². The van der Waals surface area contributed by atoms with Crippen molar-refractivity contribution in [2.75, 3.05) is 26.2 Å². The lowest BCUT2D eigenvalue weighted by Crippen LogP contribution is -2.55. The topological polar surface area (TPSA) is 86.8 Å². The molecular weight excluding hydrogens is 438 g/mol. The first-order valence-electron chi connectivity index (χ1n) is 11.2. The van der Waals surface area contributed by atoms with Crippen molar-refractivity contribution >= 4 is 21.8 Å². The summed E-state index contributed by atoms with van der Waals surface area (Å²) in [7, 11) is -3.63. The summed E-state index contributed by atoms with van der Waals surface area (Å²) in [6.07, 6.45) is 0. The van der Waals surface area contributed by atoms with E-state index in [0.29, 0.717) is 5.56 Å². The van der Waals surface area contributed by atoms with Gasteiger partial charge < -0.3 is 10.2 Å². The molecule has 1 fully saturated rings. The minimum atomic E-state index is -3.63. The van der Waals surface area contributed by atoms with Gasteiger partial charge in [-0.3, -0.25) is 9.59 Å². The lowest BCUT2D eigenvalue weighted by molar-refractivity contribution is -0.134. The number of hydrogen-bond acceptors (Lipinski definition) is 4. The van der Waals surface area contributed by atoms with Gasteiger partial charge in [0.1, 0.15) is 6.04 Å². The highest BCUT2D eigenvalue weighted by Gasteiger charge is 2.32. The third-order valence-electron chi connectivity index (χ3n) is 5.91.